The van der Waals surface area contributed by atoms with Gasteiger partial charge in [-0.2, -0.15) is 0 Å². The number of para-hydroxylation sites is 1. The van der Waals surface area contributed by atoms with Crippen LogP contribution in [0.3, 0.4) is 0 Å². The molecule has 0 fully saturated rings. The number of ether oxygens (including phenoxy) is 2. The van der Waals surface area contributed by atoms with Gasteiger partial charge in [-0.1, -0.05) is 24.3 Å². The lowest BCUT2D eigenvalue weighted by Gasteiger charge is -2.03. The highest BCUT2D eigenvalue weighted by molar-refractivity contribution is 5.85. The normalized spacial score (nSPS) is 10.5. The summed E-state index contributed by atoms with van der Waals surface area (Å²) in [5.74, 6) is 1.76. The van der Waals surface area contributed by atoms with E-state index in [0.717, 1.165) is 5.56 Å². The summed E-state index contributed by atoms with van der Waals surface area (Å²) in [5, 5.41) is 0.635. The average Bonchev–Trinajstić information content (AvgIpc) is 2.76. The second-order valence-electron chi connectivity index (χ2n) is 4.70. The van der Waals surface area contributed by atoms with Crippen LogP contribution in [0.25, 0.3) is 22.3 Å². The second-order valence-corrected chi connectivity index (χ2v) is 4.70. The zero-order chi connectivity index (χ0) is 15.5. The van der Waals surface area contributed by atoms with Crippen molar-refractivity contribution in [3.8, 4) is 22.8 Å². The zero-order valence-electron chi connectivity index (χ0n) is 12.3. The van der Waals surface area contributed by atoms with Gasteiger partial charge in [0.15, 0.2) is 0 Å². The van der Waals surface area contributed by atoms with Crippen LogP contribution in [0.1, 0.15) is 0 Å². The predicted molar refractivity (Wildman–Crippen MR) is 85.4 cm³/mol. The molecular formula is C18H15O4+. The highest BCUT2D eigenvalue weighted by Gasteiger charge is 2.23. The topological polar surface area (TPSA) is 46.8 Å². The van der Waals surface area contributed by atoms with Crippen LogP contribution < -0.4 is 14.9 Å². The lowest BCUT2D eigenvalue weighted by molar-refractivity contribution is 0.411. The maximum atomic E-state index is 12.2. The molecule has 0 saturated carbocycles. The third-order valence-corrected chi connectivity index (χ3v) is 3.42. The van der Waals surface area contributed by atoms with Crippen molar-refractivity contribution in [1.29, 1.82) is 0 Å². The number of benzene rings is 1. The van der Waals surface area contributed by atoms with Gasteiger partial charge in [0.05, 0.1) is 20.3 Å². The lowest BCUT2D eigenvalue weighted by atomic mass is 10.1. The molecule has 0 amide bonds. The van der Waals surface area contributed by atoms with Gasteiger partial charge in [0.1, 0.15) is 22.4 Å². The standard InChI is InChI=1S/C18H15O4/c1-20-15-10-6-4-7-12(15)17-11-16(21-2)13-8-3-5-9-14(19)18(13)22-17/h3-11H,1-2H3/q+1. The second kappa shape index (κ2) is 5.85. The Bertz CT molecular complexity index is 887. The SMILES string of the molecule is COc1ccccc1-c1cc(OC)c2ccccc(=O)c2[o+]1. The number of fused-ring (bicyclic) bond motifs is 1. The fourth-order valence-corrected chi connectivity index (χ4v) is 2.36. The van der Waals surface area contributed by atoms with Crippen molar-refractivity contribution in [3.63, 3.8) is 0 Å². The van der Waals surface area contributed by atoms with Crippen LogP contribution in [0.4, 0.5) is 0 Å². The Labute approximate surface area is 127 Å². The molecule has 110 valence electrons. The van der Waals surface area contributed by atoms with Gasteiger partial charge >= 0.3 is 11.3 Å². The molecule has 0 aliphatic rings. The third kappa shape index (κ3) is 2.39. The fraction of sp³-hybridized carbons (Fsp3) is 0.111. The molecule has 1 heterocycles. The molecule has 0 N–H and O–H groups in total. The van der Waals surface area contributed by atoms with E-state index >= 15 is 0 Å². The fourth-order valence-electron chi connectivity index (χ4n) is 2.36. The largest absolute Gasteiger partial charge is 0.496 e. The summed E-state index contributed by atoms with van der Waals surface area (Å²) < 4.78 is 16.6. The van der Waals surface area contributed by atoms with Gasteiger partial charge in [-0.05, 0) is 24.3 Å². The lowest BCUT2D eigenvalue weighted by Crippen LogP contribution is -1.97. The highest BCUT2D eigenvalue weighted by Crippen LogP contribution is 2.35. The first-order valence-electron chi connectivity index (χ1n) is 6.82. The maximum Gasteiger partial charge on any atom is 0.411 e. The summed E-state index contributed by atoms with van der Waals surface area (Å²) in [7, 11) is 3.16. The van der Waals surface area contributed by atoms with E-state index in [0.29, 0.717) is 22.6 Å². The van der Waals surface area contributed by atoms with Gasteiger partial charge in [-0.25, -0.2) is 4.42 Å². The molecule has 0 saturated heterocycles. The van der Waals surface area contributed by atoms with Crippen LogP contribution in [0.5, 0.6) is 11.5 Å². The Morgan fingerprint density at radius 1 is 0.864 bits per heavy atom. The highest BCUT2D eigenvalue weighted by atomic mass is 16.5. The van der Waals surface area contributed by atoms with Crippen molar-refractivity contribution < 1.29 is 13.9 Å². The van der Waals surface area contributed by atoms with Crippen LogP contribution >= 0.6 is 0 Å². The summed E-state index contributed by atoms with van der Waals surface area (Å²) in [4.78, 5) is 12.2. The molecule has 0 radical (unpaired) electrons. The van der Waals surface area contributed by atoms with Gasteiger partial charge in [-0.15, -0.1) is 0 Å². The molecule has 3 rings (SSSR count). The molecule has 4 heteroatoms. The van der Waals surface area contributed by atoms with Crippen LogP contribution in [-0.4, -0.2) is 14.2 Å². The molecule has 0 spiro atoms. The van der Waals surface area contributed by atoms with Crippen molar-refractivity contribution in [2.45, 2.75) is 0 Å². The summed E-state index contributed by atoms with van der Waals surface area (Å²) in [6.07, 6.45) is 0. The quantitative estimate of drug-likeness (QED) is 0.690. The van der Waals surface area contributed by atoms with Crippen LogP contribution in [0.2, 0.25) is 0 Å². The molecule has 2 aromatic carbocycles. The Morgan fingerprint density at radius 3 is 2.32 bits per heavy atom. The van der Waals surface area contributed by atoms with Crippen molar-refractivity contribution in [2.75, 3.05) is 14.2 Å². The molecular weight excluding hydrogens is 280 g/mol. The molecule has 1 aromatic heterocycles. The van der Waals surface area contributed by atoms with Gasteiger partial charge in [0.2, 0.25) is 0 Å². The molecule has 0 aliphatic carbocycles. The van der Waals surface area contributed by atoms with Gasteiger partial charge in [-0.3, -0.25) is 4.79 Å². The number of rotatable bonds is 3. The molecule has 3 aromatic rings. The maximum absolute atomic E-state index is 12.2. The van der Waals surface area contributed by atoms with Crippen molar-refractivity contribution in [1.82, 2.24) is 0 Å². The van der Waals surface area contributed by atoms with Gasteiger partial charge < -0.3 is 9.47 Å². The summed E-state index contributed by atoms with van der Waals surface area (Å²) in [6, 6.07) is 16.0. The van der Waals surface area contributed by atoms with E-state index in [9.17, 15) is 4.79 Å². The van der Waals surface area contributed by atoms with E-state index in [1.807, 2.05) is 24.3 Å². The molecule has 4 nitrogen and oxygen atoms in total. The molecule has 22 heavy (non-hydrogen) atoms. The first-order chi connectivity index (χ1) is 10.7. The van der Waals surface area contributed by atoms with E-state index in [2.05, 4.69) is 0 Å². The first kappa shape index (κ1) is 14.1. The van der Waals surface area contributed by atoms with E-state index in [1.165, 1.54) is 6.07 Å². The first-order valence-corrected chi connectivity index (χ1v) is 6.82. The minimum Gasteiger partial charge on any atom is -0.496 e. The van der Waals surface area contributed by atoms with Crippen molar-refractivity contribution in [3.05, 3.63) is 64.8 Å². The Morgan fingerprint density at radius 2 is 1.55 bits per heavy atom. The molecule has 0 unspecified atom stereocenters. The van der Waals surface area contributed by atoms with E-state index in [1.54, 1.807) is 38.5 Å². The van der Waals surface area contributed by atoms with Crippen LogP contribution in [0.15, 0.2) is 63.8 Å². The smallest absolute Gasteiger partial charge is 0.411 e. The van der Waals surface area contributed by atoms with Crippen molar-refractivity contribution in [2.24, 2.45) is 0 Å². The van der Waals surface area contributed by atoms with Gasteiger partial charge in [0.25, 0.3) is 5.43 Å². The predicted octanol–water partition coefficient (Wildman–Crippen LogP) is 3.76. The minimum atomic E-state index is -0.199. The van der Waals surface area contributed by atoms with E-state index < -0.39 is 0 Å². The monoisotopic (exact) mass is 295 g/mol. The Balaban J connectivity index is 2.38. The number of hydrogen-bond donors (Lipinski definition) is 0. The Kier molecular flexibility index (Phi) is 3.74. The average molecular weight is 295 g/mol. The molecule has 0 bridgehead atoms. The zero-order valence-corrected chi connectivity index (χ0v) is 12.3. The van der Waals surface area contributed by atoms with E-state index in [-0.39, 0.29) is 11.0 Å². The van der Waals surface area contributed by atoms with Crippen LogP contribution in [0, 0.1) is 0 Å². The van der Waals surface area contributed by atoms with E-state index in [4.69, 9.17) is 13.9 Å². The number of methoxy groups -OCH3 is 2. The molecule has 0 aliphatic heterocycles. The van der Waals surface area contributed by atoms with Crippen LogP contribution in [-0.2, 0) is 0 Å². The summed E-state index contributed by atoms with van der Waals surface area (Å²) in [6.45, 7) is 0. The summed E-state index contributed by atoms with van der Waals surface area (Å²) in [5.41, 5.74) is 0.816. The van der Waals surface area contributed by atoms with Crippen molar-refractivity contribution >= 4 is 11.0 Å². The number of hydrogen-bond acceptors (Lipinski definition) is 3. The molecule has 0 atom stereocenters. The van der Waals surface area contributed by atoms with Gasteiger partial charge in [0, 0.05) is 0 Å². The third-order valence-electron chi connectivity index (χ3n) is 3.42. The Hall–Kier alpha value is -2.88. The minimum absolute atomic E-state index is 0.199. The summed E-state index contributed by atoms with van der Waals surface area (Å²) >= 11 is 0.